The Morgan fingerprint density at radius 3 is 2.00 bits per heavy atom. The summed E-state index contributed by atoms with van der Waals surface area (Å²) >= 11 is 0. The van der Waals surface area contributed by atoms with E-state index in [4.69, 9.17) is 19.9 Å². The Balaban J connectivity index is 2.69. The predicted octanol–water partition coefficient (Wildman–Crippen LogP) is -0.139. The van der Waals surface area contributed by atoms with E-state index in [1.807, 2.05) is 6.92 Å². The average molecular weight is 165 g/mol. The molecule has 0 aromatic carbocycles. The standard InChI is InChI=1S/C6H15NO4/c1-2-8-4-10-6-11-5-9-3-7/h2-7H2,1H3. The first kappa shape index (κ1) is 10.8. The van der Waals surface area contributed by atoms with Crippen LogP contribution in [-0.2, 0) is 18.9 Å². The van der Waals surface area contributed by atoms with E-state index in [2.05, 4.69) is 4.74 Å². The van der Waals surface area contributed by atoms with Gasteiger partial charge in [-0.15, -0.1) is 0 Å². The van der Waals surface area contributed by atoms with E-state index in [0.717, 1.165) is 0 Å². The summed E-state index contributed by atoms with van der Waals surface area (Å²) in [6.07, 6.45) is 0. The topological polar surface area (TPSA) is 62.9 Å². The molecule has 68 valence electrons. The SMILES string of the molecule is CCOCOCOCOCN. The van der Waals surface area contributed by atoms with E-state index in [-0.39, 0.29) is 27.1 Å². The van der Waals surface area contributed by atoms with Gasteiger partial charge in [0, 0.05) is 6.61 Å². The molecule has 0 atom stereocenters. The molecule has 0 radical (unpaired) electrons. The van der Waals surface area contributed by atoms with Crippen LogP contribution in [0.4, 0.5) is 0 Å². The number of ether oxygens (including phenoxy) is 4. The Hall–Kier alpha value is -0.200. The molecule has 0 unspecified atom stereocenters. The van der Waals surface area contributed by atoms with Gasteiger partial charge in [0.15, 0.2) is 13.6 Å². The van der Waals surface area contributed by atoms with Crippen LogP contribution >= 0.6 is 0 Å². The zero-order chi connectivity index (χ0) is 8.36. The van der Waals surface area contributed by atoms with Gasteiger partial charge in [-0.05, 0) is 6.92 Å². The van der Waals surface area contributed by atoms with Gasteiger partial charge in [-0.2, -0.15) is 0 Å². The molecule has 5 nitrogen and oxygen atoms in total. The van der Waals surface area contributed by atoms with Gasteiger partial charge in [-0.25, -0.2) is 0 Å². The van der Waals surface area contributed by atoms with E-state index in [9.17, 15) is 0 Å². The third kappa shape index (κ3) is 9.80. The maximum Gasteiger partial charge on any atom is 0.152 e. The highest BCUT2D eigenvalue weighted by Gasteiger charge is 1.86. The highest BCUT2D eigenvalue weighted by Crippen LogP contribution is 1.80. The molecular formula is C6H15NO4. The van der Waals surface area contributed by atoms with Crippen LogP contribution in [0.3, 0.4) is 0 Å². The van der Waals surface area contributed by atoms with Crippen LogP contribution in [0, 0.1) is 0 Å². The lowest BCUT2D eigenvalue weighted by molar-refractivity contribution is -0.168. The molecule has 0 saturated carbocycles. The maximum absolute atomic E-state index is 5.02. The highest BCUT2D eigenvalue weighted by molar-refractivity contribution is 4.08. The van der Waals surface area contributed by atoms with Gasteiger partial charge in [-0.1, -0.05) is 0 Å². The van der Waals surface area contributed by atoms with E-state index >= 15 is 0 Å². The molecule has 0 aliphatic heterocycles. The summed E-state index contributed by atoms with van der Waals surface area (Å²) in [5, 5.41) is 0. The lowest BCUT2D eigenvalue weighted by atomic mass is 10.9. The van der Waals surface area contributed by atoms with E-state index in [1.54, 1.807) is 0 Å². The monoisotopic (exact) mass is 165 g/mol. The number of rotatable bonds is 8. The summed E-state index contributed by atoms with van der Waals surface area (Å²) in [7, 11) is 0. The van der Waals surface area contributed by atoms with E-state index in [0.29, 0.717) is 6.61 Å². The second-order valence-corrected chi connectivity index (χ2v) is 1.63. The first-order chi connectivity index (χ1) is 5.41. The molecule has 0 rings (SSSR count). The van der Waals surface area contributed by atoms with Crippen LogP contribution < -0.4 is 5.73 Å². The molecular weight excluding hydrogens is 150 g/mol. The fourth-order valence-electron chi connectivity index (χ4n) is 0.376. The first-order valence-corrected chi connectivity index (χ1v) is 3.42. The third-order valence-corrected chi connectivity index (χ3v) is 0.822. The lowest BCUT2D eigenvalue weighted by Gasteiger charge is -2.04. The van der Waals surface area contributed by atoms with Crippen molar-refractivity contribution >= 4 is 0 Å². The van der Waals surface area contributed by atoms with E-state index in [1.165, 1.54) is 0 Å². The molecule has 0 aliphatic carbocycles. The fraction of sp³-hybridized carbons (Fsp3) is 1.00. The second-order valence-electron chi connectivity index (χ2n) is 1.63. The highest BCUT2D eigenvalue weighted by atomic mass is 16.8. The molecule has 5 heteroatoms. The van der Waals surface area contributed by atoms with Crippen LogP contribution in [0.1, 0.15) is 6.92 Å². The van der Waals surface area contributed by atoms with Crippen LogP contribution in [0.15, 0.2) is 0 Å². The van der Waals surface area contributed by atoms with Crippen molar-refractivity contribution in [3.63, 3.8) is 0 Å². The molecule has 0 aliphatic rings. The van der Waals surface area contributed by atoms with Crippen LogP contribution in [0.5, 0.6) is 0 Å². The first-order valence-electron chi connectivity index (χ1n) is 3.42. The molecule has 0 spiro atoms. The normalized spacial score (nSPS) is 10.4. The van der Waals surface area contributed by atoms with Crippen molar-refractivity contribution in [2.45, 2.75) is 6.92 Å². The van der Waals surface area contributed by atoms with Crippen molar-refractivity contribution in [1.82, 2.24) is 0 Å². The molecule has 0 bridgehead atoms. The molecule has 0 aromatic rings. The minimum Gasteiger partial charge on any atom is -0.356 e. The summed E-state index contributed by atoms with van der Waals surface area (Å²) in [6.45, 7) is 3.26. The minimum atomic E-state index is 0.155. The Labute approximate surface area is 66.4 Å². The Morgan fingerprint density at radius 1 is 0.909 bits per heavy atom. The van der Waals surface area contributed by atoms with Crippen molar-refractivity contribution in [3.05, 3.63) is 0 Å². The van der Waals surface area contributed by atoms with Crippen molar-refractivity contribution in [3.8, 4) is 0 Å². The predicted molar refractivity (Wildman–Crippen MR) is 38.5 cm³/mol. The van der Waals surface area contributed by atoms with Crippen molar-refractivity contribution in [1.29, 1.82) is 0 Å². The molecule has 0 heterocycles. The third-order valence-electron chi connectivity index (χ3n) is 0.822. The van der Waals surface area contributed by atoms with Gasteiger partial charge < -0.3 is 24.7 Å². The summed E-state index contributed by atoms with van der Waals surface area (Å²) in [5.74, 6) is 0. The van der Waals surface area contributed by atoms with Crippen LogP contribution in [0.2, 0.25) is 0 Å². The number of hydrogen-bond donors (Lipinski definition) is 1. The lowest BCUT2D eigenvalue weighted by Crippen LogP contribution is -2.10. The van der Waals surface area contributed by atoms with Crippen LogP contribution in [-0.4, -0.2) is 33.7 Å². The van der Waals surface area contributed by atoms with Crippen molar-refractivity contribution < 1.29 is 18.9 Å². The van der Waals surface area contributed by atoms with Gasteiger partial charge in [-0.3, -0.25) is 0 Å². The molecule has 0 saturated heterocycles. The molecule has 0 aromatic heterocycles. The zero-order valence-electron chi connectivity index (χ0n) is 6.75. The summed E-state index contributed by atoms with van der Waals surface area (Å²) in [4.78, 5) is 0. The van der Waals surface area contributed by atoms with Gasteiger partial charge >= 0.3 is 0 Å². The Kier molecular flexibility index (Phi) is 9.62. The number of hydrogen-bond acceptors (Lipinski definition) is 5. The minimum absolute atomic E-state index is 0.155. The Bertz CT molecular complexity index is 63.6. The molecule has 2 N–H and O–H groups in total. The van der Waals surface area contributed by atoms with E-state index < -0.39 is 0 Å². The molecule has 11 heavy (non-hydrogen) atoms. The van der Waals surface area contributed by atoms with Crippen molar-refractivity contribution in [2.24, 2.45) is 5.73 Å². The summed E-state index contributed by atoms with van der Waals surface area (Å²) < 4.78 is 19.2. The van der Waals surface area contributed by atoms with Gasteiger partial charge in [0.2, 0.25) is 0 Å². The zero-order valence-corrected chi connectivity index (χ0v) is 6.75. The van der Waals surface area contributed by atoms with Gasteiger partial charge in [0.25, 0.3) is 0 Å². The van der Waals surface area contributed by atoms with Crippen LogP contribution in [0.25, 0.3) is 0 Å². The summed E-state index contributed by atoms with van der Waals surface area (Å²) in [6, 6.07) is 0. The average Bonchev–Trinajstić information content (AvgIpc) is 2.03. The van der Waals surface area contributed by atoms with Gasteiger partial charge in [0.1, 0.15) is 6.79 Å². The smallest absolute Gasteiger partial charge is 0.152 e. The maximum atomic E-state index is 5.02. The second kappa shape index (κ2) is 9.80. The number of nitrogens with two attached hydrogens (primary N) is 1. The van der Waals surface area contributed by atoms with Crippen molar-refractivity contribution in [2.75, 3.05) is 33.7 Å². The Morgan fingerprint density at radius 2 is 1.45 bits per heavy atom. The van der Waals surface area contributed by atoms with Gasteiger partial charge in [0.05, 0.1) is 6.73 Å². The molecule has 0 fully saturated rings. The summed E-state index contributed by atoms with van der Waals surface area (Å²) in [5.41, 5.74) is 5.02. The largest absolute Gasteiger partial charge is 0.356 e. The quantitative estimate of drug-likeness (QED) is 0.400. The molecule has 0 amide bonds. The fourth-order valence-corrected chi connectivity index (χ4v) is 0.376.